The molecule has 0 aliphatic heterocycles. The summed E-state index contributed by atoms with van der Waals surface area (Å²) in [6.45, 7) is 7.99. The van der Waals surface area contributed by atoms with Gasteiger partial charge in [0.15, 0.2) is 0 Å². The van der Waals surface area contributed by atoms with E-state index in [2.05, 4.69) is 68.4 Å². The number of rotatable bonds is 7. The first-order chi connectivity index (χ1) is 9.04. The van der Waals surface area contributed by atoms with Gasteiger partial charge in [-0.3, -0.25) is 4.90 Å². The Bertz CT molecular complexity index is 382. The van der Waals surface area contributed by atoms with Crippen molar-refractivity contribution in [1.29, 1.82) is 0 Å². The van der Waals surface area contributed by atoms with Crippen molar-refractivity contribution >= 4 is 0 Å². The average molecular weight is 260 g/mol. The molecule has 1 aliphatic rings. The molecular weight excluding hydrogens is 232 g/mol. The van der Waals surface area contributed by atoms with E-state index < -0.39 is 0 Å². The molecule has 1 aliphatic carbocycles. The molecule has 1 saturated carbocycles. The minimum Gasteiger partial charge on any atom is -0.312 e. The quantitative estimate of drug-likeness (QED) is 0.806. The third-order valence-electron chi connectivity index (χ3n) is 4.65. The SMILES string of the molecule is CCC(C)(C)N(C)C(CNC1CC1)c1ccccc1. The molecule has 19 heavy (non-hydrogen) atoms. The molecule has 1 N–H and O–H groups in total. The molecule has 2 heteroatoms. The fourth-order valence-corrected chi connectivity index (χ4v) is 2.39. The van der Waals surface area contributed by atoms with E-state index in [4.69, 9.17) is 0 Å². The largest absolute Gasteiger partial charge is 0.312 e. The monoisotopic (exact) mass is 260 g/mol. The van der Waals surface area contributed by atoms with Crippen molar-refractivity contribution in [1.82, 2.24) is 10.2 Å². The summed E-state index contributed by atoms with van der Waals surface area (Å²) in [4.78, 5) is 2.53. The van der Waals surface area contributed by atoms with Gasteiger partial charge in [-0.25, -0.2) is 0 Å². The molecule has 0 spiro atoms. The Morgan fingerprint density at radius 2 is 1.89 bits per heavy atom. The van der Waals surface area contributed by atoms with Crippen LogP contribution in [0, 0.1) is 0 Å². The van der Waals surface area contributed by atoms with E-state index >= 15 is 0 Å². The second kappa shape index (κ2) is 6.06. The predicted octanol–water partition coefficient (Wildman–Crippen LogP) is 3.60. The molecule has 1 aromatic rings. The second-order valence-electron chi connectivity index (χ2n) is 6.39. The van der Waals surface area contributed by atoms with Crippen molar-refractivity contribution < 1.29 is 0 Å². The minimum absolute atomic E-state index is 0.228. The topological polar surface area (TPSA) is 15.3 Å². The van der Waals surface area contributed by atoms with E-state index in [1.54, 1.807) is 0 Å². The van der Waals surface area contributed by atoms with Gasteiger partial charge in [0.1, 0.15) is 0 Å². The summed E-state index contributed by atoms with van der Waals surface area (Å²) in [7, 11) is 2.26. The van der Waals surface area contributed by atoms with Crippen molar-refractivity contribution in [3.05, 3.63) is 35.9 Å². The normalized spacial score (nSPS) is 17.7. The first-order valence-corrected chi connectivity index (χ1v) is 7.56. The Kier molecular flexibility index (Phi) is 4.64. The molecule has 0 amide bonds. The highest BCUT2D eigenvalue weighted by molar-refractivity contribution is 5.20. The van der Waals surface area contributed by atoms with E-state index in [9.17, 15) is 0 Å². The first-order valence-electron chi connectivity index (χ1n) is 7.56. The lowest BCUT2D eigenvalue weighted by Gasteiger charge is -2.41. The highest BCUT2D eigenvalue weighted by Crippen LogP contribution is 2.29. The van der Waals surface area contributed by atoms with E-state index in [0.717, 1.165) is 19.0 Å². The van der Waals surface area contributed by atoms with Gasteiger partial charge in [0, 0.05) is 24.2 Å². The van der Waals surface area contributed by atoms with Gasteiger partial charge in [0.2, 0.25) is 0 Å². The van der Waals surface area contributed by atoms with E-state index in [-0.39, 0.29) is 5.54 Å². The minimum atomic E-state index is 0.228. The molecule has 0 radical (unpaired) electrons. The lowest BCUT2D eigenvalue weighted by Crippen LogP contribution is -2.46. The zero-order chi connectivity index (χ0) is 13.9. The Morgan fingerprint density at radius 1 is 1.26 bits per heavy atom. The molecule has 0 saturated heterocycles. The molecule has 1 fully saturated rings. The highest BCUT2D eigenvalue weighted by Gasteiger charge is 2.30. The average Bonchev–Trinajstić information content (AvgIpc) is 3.24. The van der Waals surface area contributed by atoms with Crippen molar-refractivity contribution in [2.24, 2.45) is 0 Å². The van der Waals surface area contributed by atoms with Gasteiger partial charge in [-0.1, -0.05) is 37.3 Å². The summed E-state index contributed by atoms with van der Waals surface area (Å²) in [5.41, 5.74) is 1.64. The lowest BCUT2D eigenvalue weighted by molar-refractivity contribution is 0.0954. The smallest absolute Gasteiger partial charge is 0.0475 e. The Balaban J connectivity index is 2.12. The maximum absolute atomic E-state index is 3.69. The van der Waals surface area contributed by atoms with Crippen molar-refractivity contribution in [3.63, 3.8) is 0 Å². The first kappa shape index (κ1) is 14.5. The summed E-state index contributed by atoms with van der Waals surface area (Å²) in [6, 6.07) is 12.1. The van der Waals surface area contributed by atoms with Crippen LogP contribution in [0.4, 0.5) is 0 Å². The number of benzene rings is 1. The van der Waals surface area contributed by atoms with Crippen LogP contribution in [0.3, 0.4) is 0 Å². The van der Waals surface area contributed by atoms with Crippen LogP contribution in [0.25, 0.3) is 0 Å². The summed E-state index contributed by atoms with van der Waals surface area (Å²) in [5.74, 6) is 0. The third kappa shape index (κ3) is 3.80. The fourth-order valence-electron chi connectivity index (χ4n) is 2.39. The van der Waals surface area contributed by atoms with Crippen LogP contribution in [-0.4, -0.2) is 30.1 Å². The summed E-state index contributed by atoms with van der Waals surface area (Å²) in [6.07, 6.45) is 3.86. The number of nitrogens with zero attached hydrogens (tertiary/aromatic N) is 1. The standard InChI is InChI=1S/C17H28N2/c1-5-17(2,3)19(4)16(13-18-15-11-12-15)14-9-7-6-8-10-14/h6-10,15-16,18H,5,11-13H2,1-4H3. The Morgan fingerprint density at radius 3 is 2.42 bits per heavy atom. The predicted molar refractivity (Wildman–Crippen MR) is 82.3 cm³/mol. The number of hydrogen-bond donors (Lipinski definition) is 1. The molecule has 0 bridgehead atoms. The van der Waals surface area contributed by atoms with Crippen LogP contribution in [0.2, 0.25) is 0 Å². The zero-order valence-corrected chi connectivity index (χ0v) is 12.8. The fraction of sp³-hybridized carbons (Fsp3) is 0.647. The van der Waals surface area contributed by atoms with Gasteiger partial charge in [-0.15, -0.1) is 0 Å². The number of nitrogens with one attached hydrogen (secondary N) is 1. The molecule has 0 aromatic heterocycles. The van der Waals surface area contributed by atoms with Crippen LogP contribution >= 0.6 is 0 Å². The van der Waals surface area contributed by atoms with E-state index in [1.807, 2.05) is 0 Å². The van der Waals surface area contributed by atoms with Gasteiger partial charge in [0.05, 0.1) is 0 Å². The lowest BCUT2D eigenvalue weighted by atomic mass is 9.94. The van der Waals surface area contributed by atoms with Gasteiger partial charge < -0.3 is 5.32 Å². The number of likely N-dealkylation sites (N-methyl/N-ethyl adjacent to an activating group) is 1. The zero-order valence-electron chi connectivity index (χ0n) is 12.8. The maximum Gasteiger partial charge on any atom is 0.0475 e. The van der Waals surface area contributed by atoms with Crippen LogP contribution in [-0.2, 0) is 0 Å². The maximum atomic E-state index is 3.69. The summed E-state index contributed by atoms with van der Waals surface area (Å²) < 4.78 is 0. The van der Waals surface area contributed by atoms with E-state index in [0.29, 0.717) is 6.04 Å². The van der Waals surface area contributed by atoms with Crippen molar-refractivity contribution in [3.8, 4) is 0 Å². The van der Waals surface area contributed by atoms with Crippen LogP contribution in [0.1, 0.15) is 51.6 Å². The Labute approximate surface area is 118 Å². The van der Waals surface area contributed by atoms with Gasteiger partial charge in [-0.2, -0.15) is 0 Å². The van der Waals surface area contributed by atoms with Crippen molar-refractivity contribution in [2.75, 3.05) is 13.6 Å². The van der Waals surface area contributed by atoms with Crippen molar-refractivity contribution in [2.45, 2.75) is 57.7 Å². The van der Waals surface area contributed by atoms with Crippen LogP contribution in [0.5, 0.6) is 0 Å². The molecular formula is C17H28N2. The van der Waals surface area contributed by atoms with Gasteiger partial charge in [-0.05, 0) is 45.7 Å². The second-order valence-corrected chi connectivity index (χ2v) is 6.39. The molecule has 1 unspecified atom stereocenters. The van der Waals surface area contributed by atoms with Crippen LogP contribution in [0.15, 0.2) is 30.3 Å². The Hall–Kier alpha value is -0.860. The number of hydrogen-bond acceptors (Lipinski definition) is 2. The van der Waals surface area contributed by atoms with Crippen LogP contribution < -0.4 is 5.32 Å². The molecule has 2 nitrogen and oxygen atoms in total. The highest BCUT2D eigenvalue weighted by atomic mass is 15.2. The van der Waals surface area contributed by atoms with Gasteiger partial charge in [0.25, 0.3) is 0 Å². The summed E-state index contributed by atoms with van der Waals surface area (Å²) in [5, 5.41) is 3.69. The third-order valence-corrected chi connectivity index (χ3v) is 4.65. The molecule has 0 heterocycles. The molecule has 106 valence electrons. The summed E-state index contributed by atoms with van der Waals surface area (Å²) >= 11 is 0. The van der Waals surface area contributed by atoms with Gasteiger partial charge >= 0.3 is 0 Å². The molecule has 2 rings (SSSR count). The van der Waals surface area contributed by atoms with E-state index in [1.165, 1.54) is 18.4 Å². The molecule has 1 atom stereocenters. The molecule has 1 aromatic carbocycles.